The van der Waals surface area contributed by atoms with E-state index < -0.39 is 58.4 Å². The van der Waals surface area contributed by atoms with E-state index in [1.807, 2.05) is 6.92 Å². The van der Waals surface area contributed by atoms with Crippen molar-refractivity contribution in [3.63, 3.8) is 0 Å². The highest BCUT2D eigenvalue weighted by molar-refractivity contribution is 5.94. The molecule has 0 unspecified atom stereocenters. The SMILES string of the molecule is COC(=O)[C@@]1(O)[C@@H](OC(C)=O)CC[C@@H]2[C@]3(C[C@@H](c4ccoc4)OC3=O)[C@@H](C)CC[C@@]21C(=O)OC. The van der Waals surface area contributed by atoms with Gasteiger partial charge in [0.05, 0.1) is 32.2 Å². The third-order valence-electron chi connectivity index (χ3n) is 8.35. The first kappa shape index (κ1) is 24.3. The Bertz CT molecular complexity index is 986. The van der Waals surface area contributed by atoms with E-state index in [9.17, 15) is 24.3 Å². The van der Waals surface area contributed by atoms with Crippen molar-refractivity contribution in [3.05, 3.63) is 24.2 Å². The van der Waals surface area contributed by atoms with Crippen LogP contribution in [0.2, 0.25) is 0 Å². The van der Waals surface area contributed by atoms with Gasteiger partial charge in [0.2, 0.25) is 5.60 Å². The predicted octanol–water partition coefficient (Wildman–Crippen LogP) is 2.09. The lowest BCUT2D eigenvalue weighted by atomic mass is 9.42. The summed E-state index contributed by atoms with van der Waals surface area (Å²) in [5.74, 6) is -4.22. The number of fused-ring (bicyclic) bond motifs is 2. The predicted molar refractivity (Wildman–Crippen MR) is 113 cm³/mol. The quantitative estimate of drug-likeness (QED) is 0.505. The van der Waals surface area contributed by atoms with Crippen LogP contribution in [0.5, 0.6) is 0 Å². The molecule has 1 aromatic rings. The number of cyclic esters (lactones) is 1. The molecule has 3 aliphatic rings. The fourth-order valence-electron chi connectivity index (χ4n) is 6.83. The summed E-state index contributed by atoms with van der Waals surface area (Å²) < 4.78 is 26.4. The van der Waals surface area contributed by atoms with Crippen molar-refractivity contribution >= 4 is 23.9 Å². The number of hydrogen-bond donors (Lipinski definition) is 1. The number of furan rings is 1. The summed E-state index contributed by atoms with van der Waals surface area (Å²) in [6.07, 6.45) is 1.92. The van der Waals surface area contributed by atoms with E-state index in [-0.39, 0.29) is 31.6 Å². The fraction of sp³-hybridized carbons (Fsp3) is 0.667. The van der Waals surface area contributed by atoms with Crippen LogP contribution in [-0.2, 0) is 38.1 Å². The second-order valence-corrected chi connectivity index (χ2v) is 9.58. The third kappa shape index (κ3) is 3.03. The van der Waals surface area contributed by atoms with Crippen LogP contribution >= 0.6 is 0 Å². The van der Waals surface area contributed by atoms with E-state index in [0.29, 0.717) is 12.0 Å². The van der Waals surface area contributed by atoms with Crippen molar-refractivity contribution in [3.8, 4) is 0 Å². The molecular weight excluding hydrogens is 448 g/mol. The molecule has 0 bridgehead atoms. The van der Waals surface area contributed by atoms with Gasteiger partial charge in [-0.25, -0.2) is 4.79 Å². The minimum Gasteiger partial charge on any atom is -0.472 e. The summed E-state index contributed by atoms with van der Waals surface area (Å²) in [5, 5.41) is 12.0. The molecule has 186 valence electrons. The van der Waals surface area contributed by atoms with Crippen molar-refractivity contribution < 1.29 is 47.6 Å². The minimum absolute atomic E-state index is 0.0419. The molecule has 2 heterocycles. The van der Waals surface area contributed by atoms with Crippen molar-refractivity contribution in [2.45, 2.75) is 63.8 Å². The zero-order valence-electron chi connectivity index (χ0n) is 19.7. The Morgan fingerprint density at radius 2 is 1.82 bits per heavy atom. The number of aliphatic hydroxyl groups is 1. The van der Waals surface area contributed by atoms with Crippen molar-refractivity contribution in [2.75, 3.05) is 14.2 Å². The van der Waals surface area contributed by atoms with E-state index in [0.717, 1.165) is 21.1 Å². The maximum absolute atomic E-state index is 13.6. The number of ether oxygens (including phenoxy) is 4. The Hall–Kier alpha value is -2.88. The molecule has 1 saturated heterocycles. The highest BCUT2D eigenvalue weighted by Crippen LogP contribution is 2.68. The zero-order valence-corrected chi connectivity index (χ0v) is 19.7. The number of methoxy groups -OCH3 is 2. The van der Waals surface area contributed by atoms with Gasteiger partial charge in [0, 0.05) is 18.9 Å². The Morgan fingerprint density at radius 1 is 1.12 bits per heavy atom. The molecule has 2 saturated carbocycles. The molecule has 0 amide bonds. The highest BCUT2D eigenvalue weighted by Gasteiger charge is 2.79. The first-order valence-electron chi connectivity index (χ1n) is 11.4. The van der Waals surface area contributed by atoms with Gasteiger partial charge in [-0.2, -0.15) is 0 Å². The molecule has 4 rings (SSSR count). The molecule has 0 radical (unpaired) electrons. The van der Waals surface area contributed by atoms with Gasteiger partial charge in [-0.15, -0.1) is 0 Å². The summed E-state index contributed by atoms with van der Waals surface area (Å²) in [5.41, 5.74) is -4.94. The van der Waals surface area contributed by atoms with Gasteiger partial charge < -0.3 is 28.5 Å². The van der Waals surface area contributed by atoms with Gasteiger partial charge in [-0.3, -0.25) is 14.4 Å². The Kier molecular flexibility index (Phi) is 6.00. The molecule has 1 N–H and O–H groups in total. The number of esters is 4. The number of carbonyl (C=O) groups excluding carboxylic acids is 4. The zero-order chi connectivity index (χ0) is 24.9. The van der Waals surface area contributed by atoms with E-state index in [4.69, 9.17) is 23.4 Å². The standard InChI is InChI=1S/C24H30O10/c1-13-7-9-23(20(27)30-3)17(5-6-18(33-14(2)25)24(23,29)21(28)31-4)22(13)11-16(34-19(22)26)15-8-10-32-12-15/h8,10,12-13,16-18,29H,5-7,9,11H2,1-4H3/t13-,16-,17+,18-,22-,23-,24-/m0/s1. The molecule has 3 fully saturated rings. The van der Waals surface area contributed by atoms with Gasteiger partial charge in [0.1, 0.15) is 17.6 Å². The normalized spacial score (nSPS) is 39.1. The van der Waals surface area contributed by atoms with Gasteiger partial charge in [0.15, 0.2) is 0 Å². The molecule has 1 aliphatic heterocycles. The van der Waals surface area contributed by atoms with Crippen LogP contribution < -0.4 is 0 Å². The van der Waals surface area contributed by atoms with E-state index in [1.54, 1.807) is 6.07 Å². The average Bonchev–Trinajstić information content (AvgIpc) is 3.46. The second-order valence-electron chi connectivity index (χ2n) is 9.58. The van der Waals surface area contributed by atoms with Crippen LogP contribution in [0.4, 0.5) is 0 Å². The molecule has 34 heavy (non-hydrogen) atoms. The number of carbonyl (C=O) groups is 4. The molecular formula is C24H30O10. The van der Waals surface area contributed by atoms with Crippen LogP contribution in [0.25, 0.3) is 0 Å². The lowest BCUT2D eigenvalue weighted by molar-refractivity contribution is -0.260. The van der Waals surface area contributed by atoms with Gasteiger partial charge >= 0.3 is 23.9 Å². The van der Waals surface area contributed by atoms with Gasteiger partial charge in [0.25, 0.3) is 0 Å². The van der Waals surface area contributed by atoms with Gasteiger partial charge in [-0.05, 0) is 43.6 Å². The number of hydrogen-bond acceptors (Lipinski definition) is 10. The topological polar surface area (TPSA) is 139 Å². The van der Waals surface area contributed by atoms with E-state index in [2.05, 4.69) is 0 Å². The molecule has 2 aliphatic carbocycles. The van der Waals surface area contributed by atoms with Crippen molar-refractivity contribution in [2.24, 2.45) is 22.7 Å². The summed E-state index contributed by atoms with van der Waals surface area (Å²) in [4.78, 5) is 52.2. The first-order chi connectivity index (χ1) is 16.1. The van der Waals surface area contributed by atoms with Crippen LogP contribution in [0.15, 0.2) is 23.0 Å². The Balaban J connectivity index is 1.90. The summed E-state index contributed by atoms with van der Waals surface area (Å²) in [6.45, 7) is 3.07. The number of rotatable bonds is 4. The smallest absolute Gasteiger partial charge is 0.343 e. The molecule has 0 aromatic carbocycles. The summed E-state index contributed by atoms with van der Waals surface area (Å²) >= 11 is 0. The highest BCUT2D eigenvalue weighted by atomic mass is 16.6. The molecule has 1 aromatic heterocycles. The van der Waals surface area contributed by atoms with Crippen molar-refractivity contribution in [1.82, 2.24) is 0 Å². The Labute approximate surface area is 196 Å². The molecule has 10 heteroatoms. The summed E-state index contributed by atoms with van der Waals surface area (Å²) in [7, 11) is 2.24. The van der Waals surface area contributed by atoms with E-state index >= 15 is 0 Å². The monoisotopic (exact) mass is 478 g/mol. The second kappa shape index (κ2) is 8.41. The molecule has 7 atom stereocenters. The maximum atomic E-state index is 13.6. The van der Waals surface area contributed by atoms with E-state index in [1.165, 1.54) is 12.5 Å². The van der Waals surface area contributed by atoms with Crippen LogP contribution in [-0.4, -0.2) is 54.9 Å². The minimum atomic E-state index is -2.55. The largest absolute Gasteiger partial charge is 0.472 e. The fourth-order valence-corrected chi connectivity index (χ4v) is 6.83. The molecule has 1 spiro atoms. The van der Waals surface area contributed by atoms with Gasteiger partial charge in [-0.1, -0.05) is 6.92 Å². The van der Waals surface area contributed by atoms with Crippen molar-refractivity contribution in [1.29, 1.82) is 0 Å². The van der Waals surface area contributed by atoms with Crippen LogP contribution in [0, 0.1) is 22.7 Å². The van der Waals surface area contributed by atoms with Crippen LogP contribution in [0.3, 0.4) is 0 Å². The third-order valence-corrected chi connectivity index (χ3v) is 8.35. The average molecular weight is 478 g/mol. The lowest BCUT2D eigenvalue weighted by Gasteiger charge is -2.61. The lowest BCUT2D eigenvalue weighted by Crippen LogP contribution is -2.75. The molecule has 10 nitrogen and oxygen atoms in total. The first-order valence-corrected chi connectivity index (χ1v) is 11.4. The van der Waals surface area contributed by atoms with Crippen LogP contribution in [0.1, 0.15) is 57.6 Å². The summed E-state index contributed by atoms with van der Waals surface area (Å²) in [6, 6.07) is 1.71. The Morgan fingerprint density at radius 3 is 2.41 bits per heavy atom. The maximum Gasteiger partial charge on any atom is 0.343 e.